The van der Waals surface area contributed by atoms with Gasteiger partial charge in [-0.05, 0) is 19.3 Å². The second-order valence-corrected chi connectivity index (χ2v) is 16.5. The van der Waals surface area contributed by atoms with Crippen molar-refractivity contribution in [2.24, 2.45) is 5.92 Å². The summed E-state index contributed by atoms with van der Waals surface area (Å²) >= 11 is 0. The minimum Gasteiger partial charge on any atom is -0.481 e. The largest absolute Gasteiger partial charge is 0.481 e. The minimum atomic E-state index is -1.76. The molecule has 1 heterocycles. The van der Waals surface area contributed by atoms with Gasteiger partial charge in [0.1, 0.15) is 36.5 Å². The van der Waals surface area contributed by atoms with Crippen LogP contribution in [0.5, 0.6) is 0 Å². The number of hydrogen-bond donors (Lipinski definition) is 8. The Labute approximate surface area is 348 Å². The first-order chi connectivity index (χ1) is 28.0. The molecule has 0 saturated carbocycles. The number of carbonyl (C=O) groups is 4. The maximum atomic E-state index is 13.9. The van der Waals surface area contributed by atoms with Gasteiger partial charge in [0.05, 0.1) is 13.2 Å². The summed E-state index contributed by atoms with van der Waals surface area (Å²) in [6.07, 6.45) is 20.8. The van der Waals surface area contributed by atoms with Crippen LogP contribution >= 0.6 is 0 Å². The summed E-state index contributed by atoms with van der Waals surface area (Å²) in [5, 5.41) is 64.3. The molecule has 340 valence electrons. The van der Waals surface area contributed by atoms with E-state index in [1.807, 2.05) is 0 Å². The van der Waals surface area contributed by atoms with Crippen molar-refractivity contribution in [2.45, 2.75) is 236 Å². The van der Waals surface area contributed by atoms with Gasteiger partial charge in [0.25, 0.3) is 0 Å². The van der Waals surface area contributed by atoms with Crippen LogP contribution in [-0.2, 0) is 28.7 Å². The molecule has 0 bridgehead atoms. The molecule has 2 amide bonds. The molecule has 0 radical (unpaired) electrons. The summed E-state index contributed by atoms with van der Waals surface area (Å²) in [5.41, 5.74) is 0. The summed E-state index contributed by atoms with van der Waals surface area (Å²) in [4.78, 5) is 50.6. The number of amides is 2. The molecular weight excluding hydrogens is 748 g/mol. The highest BCUT2D eigenvalue weighted by Gasteiger charge is 2.44. The number of carboxylic acid groups (broad SMARTS) is 2. The number of aliphatic carboxylic acids is 2. The molecule has 0 spiro atoms. The molecular formula is C44H82N2O12. The second-order valence-electron chi connectivity index (χ2n) is 16.5. The zero-order valence-corrected chi connectivity index (χ0v) is 36.0. The number of carbonyl (C=O) groups excluding carboxylic acids is 2. The van der Waals surface area contributed by atoms with Gasteiger partial charge < -0.3 is 50.7 Å². The van der Waals surface area contributed by atoms with E-state index in [9.17, 15) is 44.7 Å². The third kappa shape index (κ3) is 24.7. The first-order valence-electron chi connectivity index (χ1n) is 22.9. The van der Waals surface area contributed by atoms with E-state index in [1.54, 1.807) is 0 Å². The summed E-state index contributed by atoms with van der Waals surface area (Å²) < 4.78 is 11.0. The molecule has 14 heteroatoms. The Morgan fingerprint density at radius 3 is 1.36 bits per heavy atom. The lowest BCUT2D eigenvalue weighted by atomic mass is 9.92. The van der Waals surface area contributed by atoms with Gasteiger partial charge in [-0.2, -0.15) is 0 Å². The summed E-state index contributed by atoms with van der Waals surface area (Å²) in [6.45, 7) is 3.14. The molecule has 0 aromatic heterocycles. The predicted octanol–water partition coefficient (Wildman–Crippen LogP) is 6.52. The van der Waals surface area contributed by atoms with E-state index in [-0.39, 0.29) is 0 Å². The fourth-order valence-corrected chi connectivity index (χ4v) is 7.54. The zero-order chi connectivity index (χ0) is 43.0. The van der Waals surface area contributed by atoms with Gasteiger partial charge in [0.15, 0.2) is 6.29 Å². The van der Waals surface area contributed by atoms with E-state index < -0.39 is 98.5 Å². The third-order valence-corrected chi connectivity index (χ3v) is 11.4. The fourth-order valence-electron chi connectivity index (χ4n) is 7.54. The number of carboxylic acids is 2. The summed E-state index contributed by atoms with van der Waals surface area (Å²) in [7, 11) is 0. The Hall–Kier alpha value is -2.36. The van der Waals surface area contributed by atoms with Gasteiger partial charge in [-0.3, -0.25) is 14.4 Å². The molecule has 14 nitrogen and oxygen atoms in total. The average Bonchev–Trinajstić information content (AvgIpc) is 3.20. The van der Waals surface area contributed by atoms with Crippen molar-refractivity contribution in [3.05, 3.63) is 0 Å². The lowest BCUT2D eigenvalue weighted by Crippen LogP contribution is -2.60. The van der Waals surface area contributed by atoms with Crippen LogP contribution in [0.15, 0.2) is 0 Å². The van der Waals surface area contributed by atoms with Gasteiger partial charge in [-0.1, -0.05) is 168 Å². The SMILES string of the molecule is CCCCCCCCCCCCCCC(CCCCCCCCCCCCCC)C(=O)N[C@@H](CO[C@H]1O[C@H](CO)[C@@H](O)[C@H](O)[C@@H]1O)C(=O)N[C@@H](CCC(=O)O)C(=O)O. The number of nitrogens with one attached hydrogen (secondary N) is 2. The van der Waals surface area contributed by atoms with Crippen molar-refractivity contribution >= 4 is 23.8 Å². The molecule has 58 heavy (non-hydrogen) atoms. The average molecular weight is 831 g/mol. The van der Waals surface area contributed by atoms with E-state index in [4.69, 9.17) is 14.6 Å². The molecule has 0 unspecified atom stereocenters. The van der Waals surface area contributed by atoms with Crippen LogP contribution < -0.4 is 10.6 Å². The molecule has 8 N–H and O–H groups in total. The van der Waals surface area contributed by atoms with Crippen molar-refractivity contribution < 1.29 is 59.3 Å². The van der Waals surface area contributed by atoms with Crippen LogP contribution in [0, 0.1) is 5.92 Å². The molecule has 1 aliphatic rings. The normalized spacial score (nSPS) is 20.5. The number of hydrogen-bond acceptors (Lipinski definition) is 10. The van der Waals surface area contributed by atoms with Gasteiger partial charge in [-0.15, -0.1) is 0 Å². The topological polar surface area (TPSA) is 232 Å². The van der Waals surface area contributed by atoms with Crippen LogP contribution in [0.1, 0.15) is 194 Å². The Bertz CT molecular complexity index is 1050. The minimum absolute atomic E-state index is 0.398. The fraction of sp³-hybridized carbons (Fsp3) is 0.909. The molecule has 0 aromatic carbocycles. The zero-order valence-electron chi connectivity index (χ0n) is 36.0. The van der Waals surface area contributed by atoms with Gasteiger partial charge in [-0.25, -0.2) is 4.79 Å². The molecule has 0 aliphatic carbocycles. The highest BCUT2D eigenvalue weighted by molar-refractivity contribution is 5.91. The maximum Gasteiger partial charge on any atom is 0.326 e. The predicted molar refractivity (Wildman–Crippen MR) is 223 cm³/mol. The molecule has 1 saturated heterocycles. The molecule has 1 fully saturated rings. The molecule has 1 rings (SSSR count). The van der Waals surface area contributed by atoms with Crippen LogP contribution in [0.2, 0.25) is 0 Å². The first-order valence-corrected chi connectivity index (χ1v) is 22.9. The number of ether oxygens (including phenoxy) is 2. The van der Waals surface area contributed by atoms with Crippen LogP contribution in [0.4, 0.5) is 0 Å². The van der Waals surface area contributed by atoms with E-state index in [1.165, 1.54) is 103 Å². The lowest BCUT2D eigenvalue weighted by molar-refractivity contribution is -0.301. The van der Waals surface area contributed by atoms with Crippen molar-refractivity contribution in [2.75, 3.05) is 13.2 Å². The van der Waals surface area contributed by atoms with Crippen molar-refractivity contribution in [1.82, 2.24) is 10.6 Å². The Morgan fingerprint density at radius 1 is 0.552 bits per heavy atom. The van der Waals surface area contributed by atoms with Crippen LogP contribution in [0.3, 0.4) is 0 Å². The van der Waals surface area contributed by atoms with Crippen molar-refractivity contribution in [3.8, 4) is 0 Å². The van der Waals surface area contributed by atoms with E-state index in [2.05, 4.69) is 24.5 Å². The van der Waals surface area contributed by atoms with Crippen LogP contribution in [-0.4, -0.2) is 110 Å². The maximum absolute atomic E-state index is 13.9. The number of rotatable bonds is 38. The van der Waals surface area contributed by atoms with Crippen molar-refractivity contribution in [3.63, 3.8) is 0 Å². The molecule has 1 aliphatic heterocycles. The van der Waals surface area contributed by atoms with E-state index in [0.29, 0.717) is 12.8 Å². The lowest BCUT2D eigenvalue weighted by Gasteiger charge is -2.40. The Balaban J connectivity index is 2.92. The highest BCUT2D eigenvalue weighted by atomic mass is 16.7. The smallest absolute Gasteiger partial charge is 0.326 e. The summed E-state index contributed by atoms with van der Waals surface area (Å²) in [5.74, 6) is -4.46. The highest BCUT2D eigenvalue weighted by Crippen LogP contribution is 2.24. The van der Waals surface area contributed by atoms with Gasteiger partial charge in [0.2, 0.25) is 11.8 Å². The van der Waals surface area contributed by atoms with Crippen LogP contribution in [0.25, 0.3) is 0 Å². The quantitative estimate of drug-likeness (QED) is 0.0311. The monoisotopic (exact) mass is 831 g/mol. The second kappa shape index (κ2) is 34.4. The standard InChI is InChI=1S/C44H82N2O12/c1-3-5-7-9-11-13-15-17-19-21-23-25-27-33(28-26-24-22-20-18-16-14-12-10-8-6-4-2)41(53)46-35(42(54)45-34(43(55)56)29-30-37(48)49)32-57-44-40(52)39(51)38(50)36(31-47)58-44/h33-36,38-40,44,47,50-52H,3-32H2,1-2H3,(H,45,54)(H,46,53)(H,48,49)(H,55,56)/t34-,35-,36+,38+,39-,40-,44-/m0/s1. The Kier molecular flexibility index (Phi) is 31.8. The number of unbranched alkanes of at least 4 members (excludes halogenated alkanes) is 22. The van der Waals surface area contributed by atoms with E-state index in [0.717, 1.165) is 51.4 Å². The first kappa shape index (κ1) is 53.7. The number of aliphatic hydroxyl groups is 4. The third-order valence-electron chi connectivity index (χ3n) is 11.4. The van der Waals surface area contributed by atoms with E-state index >= 15 is 0 Å². The van der Waals surface area contributed by atoms with Gasteiger partial charge >= 0.3 is 11.9 Å². The van der Waals surface area contributed by atoms with Crippen molar-refractivity contribution in [1.29, 1.82) is 0 Å². The molecule has 7 atom stereocenters. The van der Waals surface area contributed by atoms with Gasteiger partial charge in [0, 0.05) is 12.3 Å². The molecule has 0 aromatic rings. The summed E-state index contributed by atoms with van der Waals surface area (Å²) in [6, 6.07) is -3.04. The Morgan fingerprint density at radius 2 is 0.966 bits per heavy atom. The number of aliphatic hydroxyl groups excluding tert-OH is 4.